The van der Waals surface area contributed by atoms with Gasteiger partial charge in [0.15, 0.2) is 0 Å². The number of rotatable bonds is 1. The molecule has 0 N–H and O–H groups in total. The van der Waals surface area contributed by atoms with E-state index < -0.39 is 16.0 Å². The minimum atomic E-state index is -1.35. The van der Waals surface area contributed by atoms with E-state index in [4.69, 9.17) is 0 Å². The predicted octanol–water partition coefficient (Wildman–Crippen LogP) is 3.53. The second kappa shape index (κ2) is 3.11. The summed E-state index contributed by atoms with van der Waals surface area (Å²) in [5.41, 5.74) is 0. The molecule has 0 spiro atoms. The Morgan fingerprint density at radius 2 is 2.33 bits per heavy atom. The van der Waals surface area contributed by atoms with Crippen molar-refractivity contribution in [2.75, 3.05) is 0 Å². The van der Waals surface area contributed by atoms with E-state index in [-0.39, 0.29) is 0 Å². The Balaban J connectivity index is 2.56. The van der Waals surface area contributed by atoms with Crippen molar-refractivity contribution in [2.24, 2.45) is 0 Å². The van der Waals surface area contributed by atoms with Gasteiger partial charge in [-0.1, -0.05) is 0 Å². The molecule has 1 saturated heterocycles. The molecule has 0 aliphatic carbocycles. The fraction of sp³-hybridized carbons (Fsp3) is 1.00. The first-order valence-electron chi connectivity index (χ1n) is 3.66. The SMILES string of the molecule is CC[Te]1(Br)CCCC1C. The summed E-state index contributed by atoms with van der Waals surface area (Å²) in [6, 6.07) is 0. The van der Waals surface area contributed by atoms with Crippen LogP contribution in [0.2, 0.25) is 12.9 Å². The van der Waals surface area contributed by atoms with E-state index >= 15 is 0 Å². The average molecular weight is 307 g/mol. The zero-order chi connectivity index (χ0) is 6.91. The summed E-state index contributed by atoms with van der Waals surface area (Å²) in [4.78, 5) is 0. The van der Waals surface area contributed by atoms with Crippen LogP contribution in [-0.2, 0) is 0 Å². The van der Waals surface area contributed by atoms with Crippen LogP contribution in [0.3, 0.4) is 0 Å². The van der Waals surface area contributed by atoms with Crippen molar-refractivity contribution in [1.82, 2.24) is 0 Å². The summed E-state index contributed by atoms with van der Waals surface area (Å²) in [5.74, 6) is 0. The summed E-state index contributed by atoms with van der Waals surface area (Å²) in [6.07, 6.45) is 3.00. The Morgan fingerprint density at radius 3 is 2.56 bits per heavy atom. The Kier molecular flexibility index (Phi) is 2.89. The molecule has 0 nitrogen and oxygen atoms in total. The molecule has 1 heterocycles. The Morgan fingerprint density at radius 1 is 1.67 bits per heavy atom. The van der Waals surface area contributed by atoms with Gasteiger partial charge >= 0.3 is 68.3 Å². The van der Waals surface area contributed by atoms with Gasteiger partial charge < -0.3 is 0 Å². The third kappa shape index (κ3) is 1.64. The van der Waals surface area contributed by atoms with Crippen LogP contribution in [0.15, 0.2) is 0 Å². The van der Waals surface area contributed by atoms with Gasteiger partial charge in [-0.05, 0) is 0 Å². The van der Waals surface area contributed by atoms with Gasteiger partial charge in [-0.25, -0.2) is 0 Å². The molecule has 9 heavy (non-hydrogen) atoms. The van der Waals surface area contributed by atoms with Gasteiger partial charge in [0, 0.05) is 0 Å². The monoisotopic (exact) mass is 308 g/mol. The van der Waals surface area contributed by atoms with Crippen molar-refractivity contribution in [2.45, 2.75) is 39.6 Å². The van der Waals surface area contributed by atoms with Gasteiger partial charge in [0.25, 0.3) is 0 Å². The van der Waals surface area contributed by atoms with Gasteiger partial charge in [0.2, 0.25) is 0 Å². The maximum atomic E-state index is 4.00. The van der Waals surface area contributed by atoms with E-state index in [9.17, 15) is 0 Å². The minimum absolute atomic E-state index is 1.08. The number of halogens is 1. The summed E-state index contributed by atoms with van der Waals surface area (Å²) in [6.45, 7) is 4.80. The molecular formula is C7H15BrTe. The molecular weight excluding hydrogens is 292 g/mol. The van der Waals surface area contributed by atoms with E-state index in [1.54, 1.807) is 4.47 Å². The summed E-state index contributed by atoms with van der Waals surface area (Å²) in [7, 11) is 0. The van der Waals surface area contributed by atoms with Crippen molar-refractivity contribution in [3.05, 3.63) is 0 Å². The van der Waals surface area contributed by atoms with Crippen LogP contribution in [0.1, 0.15) is 26.7 Å². The molecule has 1 rings (SSSR count). The molecule has 0 bridgehead atoms. The molecule has 1 aliphatic heterocycles. The van der Waals surface area contributed by atoms with Gasteiger partial charge in [-0.15, -0.1) is 0 Å². The van der Waals surface area contributed by atoms with E-state index in [1.807, 2.05) is 0 Å². The molecule has 2 heteroatoms. The molecule has 0 aromatic carbocycles. The zero-order valence-electron chi connectivity index (χ0n) is 6.19. The standard InChI is InChI=1S/C7H15BrTe/c1-3-9(8)6-4-5-7(9)2/h7H,3-6H2,1-2H3. The molecule has 1 aliphatic rings. The second-order valence-electron chi connectivity index (χ2n) is 2.79. The molecule has 2 atom stereocenters. The van der Waals surface area contributed by atoms with Crippen LogP contribution in [0.25, 0.3) is 0 Å². The Hall–Kier alpha value is 1.27. The summed E-state index contributed by atoms with van der Waals surface area (Å²) >= 11 is 2.65. The van der Waals surface area contributed by atoms with Gasteiger partial charge in [0.05, 0.1) is 0 Å². The van der Waals surface area contributed by atoms with Crippen LogP contribution >= 0.6 is 12.8 Å². The van der Waals surface area contributed by atoms with Gasteiger partial charge in [-0.3, -0.25) is 0 Å². The van der Waals surface area contributed by atoms with Crippen LogP contribution in [0.4, 0.5) is 0 Å². The van der Waals surface area contributed by atoms with Crippen LogP contribution in [0, 0.1) is 0 Å². The van der Waals surface area contributed by atoms with E-state index in [1.165, 1.54) is 17.3 Å². The first kappa shape index (κ1) is 8.37. The average Bonchev–Trinajstić information content (AvgIpc) is 2.15. The number of hydrogen-bond acceptors (Lipinski definition) is 0. The third-order valence-corrected chi connectivity index (χ3v) is 22.1. The van der Waals surface area contributed by atoms with E-state index in [2.05, 4.69) is 26.6 Å². The van der Waals surface area contributed by atoms with Crippen molar-refractivity contribution >= 4 is 28.7 Å². The molecule has 0 aromatic heterocycles. The zero-order valence-corrected chi connectivity index (χ0v) is 10.1. The van der Waals surface area contributed by atoms with E-state index in [0.29, 0.717) is 0 Å². The Labute approximate surface area is 68.0 Å². The summed E-state index contributed by atoms with van der Waals surface area (Å²) in [5, 5.41) is 0. The second-order valence-corrected chi connectivity index (χ2v) is 21.4. The molecule has 1 fully saturated rings. The molecule has 56 valence electrons. The molecule has 0 amide bonds. The maximum absolute atomic E-state index is 4.00. The van der Waals surface area contributed by atoms with E-state index in [0.717, 1.165) is 3.97 Å². The van der Waals surface area contributed by atoms with Crippen molar-refractivity contribution < 1.29 is 0 Å². The molecule has 2 unspecified atom stereocenters. The predicted molar refractivity (Wildman–Crippen MR) is 48.6 cm³/mol. The topological polar surface area (TPSA) is 0 Å². The summed E-state index contributed by atoms with van der Waals surface area (Å²) < 4.78 is 4.13. The molecule has 0 saturated carbocycles. The van der Waals surface area contributed by atoms with Gasteiger partial charge in [-0.2, -0.15) is 0 Å². The third-order valence-electron chi connectivity index (χ3n) is 2.30. The normalized spacial score (nSPS) is 50.8. The van der Waals surface area contributed by atoms with Gasteiger partial charge in [0.1, 0.15) is 0 Å². The molecule has 0 aromatic rings. The fourth-order valence-corrected chi connectivity index (χ4v) is 11.4. The van der Waals surface area contributed by atoms with Crippen molar-refractivity contribution in [1.29, 1.82) is 0 Å². The quantitative estimate of drug-likeness (QED) is 0.650. The van der Waals surface area contributed by atoms with Crippen LogP contribution in [-0.4, -0.2) is 16.0 Å². The first-order valence-corrected chi connectivity index (χ1v) is 13.5. The fourth-order valence-electron chi connectivity index (χ4n) is 1.45. The Bertz CT molecular complexity index is 105. The number of hydrogen-bond donors (Lipinski definition) is 0. The van der Waals surface area contributed by atoms with Crippen molar-refractivity contribution in [3.63, 3.8) is 0 Å². The molecule has 0 radical (unpaired) electrons. The first-order chi connectivity index (χ1) is 4.19. The van der Waals surface area contributed by atoms with Crippen LogP contribution < -0.4 is 0 Å². The van der Waals surface area contributed by atoms with Crippen molar-refractivity contribution in [3.8, 4) is 0 Å². The van der Waals surface area contributed by atoms with Crippen LogP contribution in [0.5, 0.6) is 0 Å².